The monoisotopic (exact) mass is 252 g/mol. The molecule has 0 saturated carbocycles. The second-order valence-corrected chi connectivity index (χ2v) is 4.81. The summed E-state index contributed by atoms with van der Waals surface area (Å²) in [6.45, 7) is 2.83. The molecule has 1 aliphatic heterocycles. The van der Waals surface area contributed by atoms with Crippen molar-refractivity contribution in [1.29, 1.82) is 0 Å². The first-order chi connectivity index (χ1) is 8.18. The molecule has 2 N–H and O–H groups in total. The molecule has 1 aromatic carbocycles. The summed E-state index contributed by atoms with van der Waals surface area (Å²) in [4.78, 5) is 12.0. The summed E-state index contributed by atoms with van der Waals surface area (Å²) in [6.07, 6.45) is 3.17. The molecule has 1 amide bonds. The number of benzene rings is 1. The molecule has 17 heavy (non-hydrogen) atoms. The molecule has 1 saturated heterocycles. The Labute approximate surface area is 107 Å². The van der Waals surface area contributed by atoms with Crippen molar-refractivity contribution in [3.63, 3.8) is 0 Å². The molecule has 1 heterocycles. The molecule has 0 spiro atoms. The van der Waals surface area contributed by atoms with E-state index in [4.69, 9.17) is 11.6 Å². The second-order valence-electron chi connectivity index (χ2n) is 4.40. The number of carbonyl (C=O) groups excluding carboxylic acids is 1. The molecule has 1 aromatic rings. The first kappa shape index (κ1) is 12.4. The quantitative estimate of drug-likeness (QED) is 0.850. The Kier molecular flexibility index (Phi) is 4.02. The Morgan fingerprint density at radius 3 is 3.00 bits per heavy atom. The highest BCUT2D eigenvalue weighted by molar-refractivity contribution is 6.31. The Hall–Kier alpha value is -1.06. The average molecular weight is 253 g/mol. The van der Waals surface area contributed by atoms with Gasteiger partial charge < -0.3 is 10.6 Å². The van der Waals surface area contributed by atoms with Crippen LogP contribution in [0.15, 0.2) is 18.2 Å². The van der Waals surface area contributed by atoms with Gasteiger partial charge in [-0.2, -0.15) is 0 Å². The molecule has 1 unspecified atom stereocenters. The predicted octanol–water partition coefficient (Wildman–Crippen LogP) is 2.73. The van der Waals surface area contributed by atoms with Gasteiger partial charge in [0.15, 0.2) is 0 Å². The maximum atomic E-state index is 12.0. The third kappa shape index (κ3) is 2.99. The van der Waals surface area contributed by atoms with Gasteiger partial charge in [0, 0.05) is 10.7 Å². The number of amides is 1. The van der Waals surface area contributed by atoms with Crippen LogP contribution in [0.5, 0.6) is 0 Å². The van der Waals surface area contributed by atoms with Gasteiger partial charge in [-0.25, -0.2) is 0 Å². The third-order valence-electron chi connectivity index (χ3n) is 3.15. The van der Waals surface area contributed by atoms with Crippen molar-refractivity contribution in [2.45, 2.75) is 32.2 Å². The number of nitrogens with one attached hydrogen (secondary N) is 2. The van der Waals surface area contributed by atoms with E-state index in [0.29, 0.717) is 5.02 Å². The highest BCUT2D eigenvalue weighted by Crippen LogP contribution is 2.23. The summed E-state index contributed by atoms with van der Waals surface area (Å²) in [5.41, 5.74) is 1.72. The van der Waals surface area contributed by atoms with Gasteiger partial charge in [0.05, 0.1) is 6.04 Å². The SMILES string of the molecule is Cc1c(Cl)cccc1NC(=O)C1CCCCN1. The minimum atomic E-state index is -0.0675. The Morgan fingerprint density at radius 2 is 2.29 bits per heavy atom. The standard InChI is InChI=1S/C13H17ClN2O/c1-9-10(14)5-4-7-11(9)16-13(17)12-6-2-3-8-15-12/h4-5,7,12,15H,2-3,6,8H2,1H3,(H,16,17). The number of carbonyl (C=O) groups is 1. The number of hydrogen-bond acceptors (Lipinski definition) is 2. The molecule has 1 fully saturated rings. The maximum absolute atomic E-state index is 12.0. The molecule has 1 atom stereocenters. The molecular formula is C13H17ClN2O. The van der Waals surface area contributed by atoms with Crippen LogP contribution >= 0.6 is 11.6 Å². The van der Waals surface area contributed by atoms with Gasteiger partial charge in [0.2, 0.25) is 5.91 Å². The lowest BCUT2D eigenvalue weighted by Gasteiger charge is -2.23. The lowest BCUT2D eigenvalue weighted by Crippen LogP contribution is -2.43. The van der Waals surface area contributed by atoms with Crippen LogP contribution in [0.2, 0.25) is 5.02 Å². The first-order valence-corrected chi connectivity index (χ1v) is 6.35. The second kappa shape index (κ2) is 5.52. The minimum Gasteiger partial charge on any atom is -0.324 e. The van der Waals surface area contributed by atoms with Crippen LogP contribution in [-0.2, 0) is 4.79 Å². The number of piperidine rings is 1. The number of hydrogen-bond donors (Lipinski definition) is 2. The van der Waals surface area contributed by atoms with Gasteiger partial charge in [0.1, 0.15) is 0 Å². The van der Waals surface area contributed by atoms with E-state index in [1.807, 2.05) is 25.1 Å². The zero-order valence-electron chi connectivity index (χ0n) is 9.92. The molecule has 0 bridgehead atoms. The third-order valence-corrected chi connectivity index (χ3v) is 3.56. The molecule has 4 heteroatoms. The van der Waals surface area contributed by atoms with E-state index in [1.54, 1.807) is 0 Å². The van der Waals surface area contributed by atoms with Crippen LogP contribution < -0.4 is 10.6 Å². The molecule has 2 rings (SSSR count). The van der Waals surface area contributed by atoms with Crippen molar-refractivity contribution in [1.82, 2.24) is 5.32 Å². The zero-order valence-corrected chi connectivity index (χ0v) is 10.7. The lowest BCUT2D eigenvalue weighted by molar-refractivity contribution is -0.118. The summed E-state index contributed by atoms with van der Waals surface area (Å²) in [5.74, 6) is 0.0371. The summed E-state index contributed by atoms with van der Waals surface area (Å²) in [5, 5.41) is 6.84. The molecule has 3 nitrogen and oxygen atoms in total. The van der Waals surface area contributed by atoms with Gasteiger partial charge in [-0.15, -0.1) is 0 Å². The van der Waals surface area contributed by atoms with Gasteiger partial charge >= 0.3 is 0 Å². The van der Waals surface area contributed by atoms with E-state index in [-0.39, 0.29) is 11.9 Å². The molecular weight excluding hydrogens is 236 g/mol. The van der Waals surface area contributed by atoms with Crippen LogP contribution in [0.4, 0.5) is 5.69 Å². The predicted molar refractivity (Wildman–Crippen MR) is 70.5 cm³/mol. The van der Waals surface area contributed by atoms with Crippen LogP contribution in [0.3, 0.4) is 0 Å². The van der Waals surface area contributed by atoms with Crippen molar-refractivity contribution >= 4 is 23.2 Å². The minimum absolute atomic E-state index is 0.0371. The maximum Gasteiger partial charge on any atom is 0.241 e. The Balaban J connectivity index is 2.04. The summed E-state index contributed by atoms with van der Waals surface area (Å²) in [7, 11) is 0. The van der Waals surface area contributed by atoms with Gasteiger partial charge in [-0.1, -0.05) is 24.1 Å². The average Bonchev–Trinajstić information content (AvgIpc) is 2.36. The smallest absolute Gasteiger partial charge is 0.241 e. The van der Waals surface area contributed by atoms with E-state index < -0.39 is 0 Å². The number of halogens is 1. The molecule has 0 aliphatic carbocycles. The Morgan fingerprint density at radius 1 is 1.47 bits per heavy atom. The van der Waals surface area contributed by atoms with E-state index >= 15 is 0 Å². The largest absolute Gasteiger partial charge is 0.324 e. The number of anilines is 1. The summed E-state index contributed by atoms with van der Waals surface area (Å²) in [6, 6.07) is 5.48. The van der Waals surface area contributed by atoms with Gasteiger partial charge in [0.25, 0.3) is 0 Å². The fourth-order valence-electron chi connectivity index (χ4n) is 2.04. The van der Waals surface area contributed by atoms with E-state index in [1.165, 1.54) is 0 Å². The van der Waals surface area contributed by atoms with Gasteiger partial charge in [-0.05, 0) is 44.0 Å². The zero-order chi connectivity index (χ0) is 12.3. The number of rotatable bonds is 2. The Bertz CT molecular complexity index is 414. The van der Waals surface area contributed by atoms with Crippen LogP contribution in [0, 0.1) is 6.92 Å². The highest BCUT2D eigenvalue weighted by atomic mass is 35.5. The van der Waals surface area contributed by atoms with Crippen LogP contribution in [-0.4, -0.2) is 18.5 Å². The lowest BCUT2D eigenvalue weighted by atomic mass is 10.0. The molecule has 0 radical (unpaired) electrons. The van der Waals surface area contributed by atoms with E-state index in [2.05, 4.69) is 10.6 Å². The van der Waals surface area contributed by atoms with Crippen LogP contribution in [0.1, 0.15) is 24.8 Å². The molecule has 1 aliphatic rings. The highest BCUT2D eigenvalue weighted by Gasteiger charge is 2.20. The fraction of sp³-hybridized carbons (Fsp3) is 0.462. The van der Waals surface area contributed by atoms with Crippen LogP contribution in [0.25, 0.3) is 0 Å². The van der Waals surface area contributed by atoms with Crippen molar-refractivity contribution in [3.8, 4) is 0 Å². The molecule has 92 valence electrons. The normalized spacial score (nSPS) is 20.0. The van der Waals surface area contributed by atoms with Crippen molar-refractivity contribution in [3.05, 3.63) is 28.8 Å². The van der Waals surface area contributed by atoms with Crippen molar-refractivity contribution in [2.75, 3.05) is 11.9 Å². The summed E-state index contributed by atoms with van der Waals surface area (Å²) >= 11 is 6.02. The van der Waals surface area contributed by atoms with Crippen molar-refractivity contribution in [2.24, 2.45) is 0 Å². The van der Waals surface area contributed by atoms with E-state index in [9.17, 15) is 4.79 Å². The fourth-order valence-corrected chi connectivity index (χ4v) is 2.21. The van der Waals surface area contributed by atoms with Crippen molar-refractivity contribution < 1.29 is 4.79 Å². The van der Waals surface area contributed by atoms with E-state index in [0.717, 1.165) is 37.1 Å². The summed E-state index contributed by atoms with van der Waals surface area (Å²) < 4.78 is 0. The van der Waals surface area contributed by atoms with Gasteiger partial charge in [-0.3, -0.25) is 4.79 Å². The first-order valence-electron chi connectivity index (χ1n) is 5.98. The molecule has 0 aromatic heterocycles. The topological polar surface area (TPSA) is 41.1 Å².